The maximum absolute atomic E-state index is 6.60. The number of allylic oxidation sites excluding steroid dienone is 1. The van der Waals surface area contributed by atoms with Gasteiger partial charge in [-0.05, 0) is 82.3 Å². The molecule has 0 aliphatic heterocycles. The predicted octanol–water partition coefficient (Wildman–Crippen LogP) is 12.9. The second kappa shape index (κ2) is 11.6. The SMILES string of the molecule is C1=Cc2cc(-c3nc(-c4cccc5c4sc4ccccc45)nc(-c4cc(-c5cccc6ccccc56)cc5oc6ccccc6c45)n3)ccc2CC1. The van der Waals surface area contributed by atoms with Gasteiger partial charge >= 0.3 is 0 Å². The maximum Gasteiger partial charge on any atom is 0.165 e. The fourth-order valence-corrected chi connectivity index (χ4v) is 9.11. The van der Waals surface area contributed by atoms with Crippen LogP contribution in [0.15, 0.2) is 150 Å². The average molecular weight is 684 g/mol. The van der Waals surface area contributed by atoms with Crippen LogP contribution in [0.25, 0.3) is 104 Å². The minimum absolute atomic E-state index is 0.616. The summed E-state index contributed by atoms with van der Waals surface area (Å²) < 4.78 is 9.01. The number of hydrogen-bond donors (Lipinski definition) is 0. The highest BCUT2D eigenvalue weighted by atomic mass is 32.1. The van der Waals surface area contributed by atoms with Crippen LogP contribution >= 0.6 is 11.3 Å². The van der Waals surface area contributed by atoms with Gasteiger partial charge in [0.05, 0.1) is 0 Å². The van der Waals surface area contributed by atoms with E-state index >= 15 is 0 Å². The Balaban J connectivity index is 1.22. The number of fused-ring (bicyclic) bond motifs is 8. The molecule has 0 saturated carbocycles. The van der Waals surface area contributed by atoms with E-state index < -0.39 is 0 Å². The third kappa shape index (κ3) is 4.63. The monoisotopic (exact) mass is 683 g/mol. The van der Waals surface area contributed by atoms with Gasteiger partial charge in [0.15, 0.2) is 17.5 Å². The second-order valence-electron chi connectivity index (χ2n) is 13.5. The normalized spacial score (nSPS) is 12.8. The van der Waals surface area contributed by atoms with E-state index in [0.717, 1.165) is 62.6 Å². The van der Waals surface area contributed by atoms with Crippen LogP contribution in [0, 0.1) is 0 Å². The molecule has 0 atom stereocenters. The Bertz CT molecular complexity index is 3090. The summed E-state index contributed by atoms with van der Waals surface area (Å²) in [5.41, 5.74) is 9.27. The van der Waals surface area contributed by atoms with E-state index in [0.29, 0.717) is 17.5 Å². The molecule has 0 saturated heterocycles. The van der Waals surface area contributed by atoms with E-state index in [4.69, 9.17) is 19.4 Å². The van der Waals surface area contributed by atoms with Gasteiger partial charge < -0.3 is 4.42 Å². The Labute approximate surface area is 303 Å². The first kappa shape index (κ1) is 29.3. The molecule has 3 heterocycles. The molecule has 0 amide bonds. The molecule has 4 nitrogen and oxygen atoms in total. The van der Waals surface area contributed by atoms with Crippen molar-refractivity contribution in [3.05, 3.63) is 157 Å². The van der Waals surface area contributed by atoms with Crippen molar-refractivity contribution >= 4 is 70.3 Å². The maximum atomic E-state index is 6.60. The lowest BCUT2D eigenvalue weighted by molar-refractivity contribution is 0.669. The van der Waals surface area contributed by atoms with E-state index in [2.05, 4.69) is 140 Å². The van der Waals surface area contributed by atoms with E-state index in [1.54, 1.807) is 11.3 Å². The number of thiophene rings is 1. The molecule has 0 bridgehead atoms. The number of benzene rings is 7. The summed E-state index contributed by atoms with van der Waals surface area (Å²) >= 11 is 1.79. The van der Waals surface area contributed by atoms with E-state index in [1.807, 2.05) is 12.1 Å². The zero-order valence-electron chi connectivity index (χ0n) is 28.0. The summed E-state index contributed by atoms with van der Waals surface area (Å²) in [7, 11) is 0. The Kier molecular flexibility index (Phi) is 6.51. The largest absolute Gasteiger partial charge is 0.456 e. The molecule has 1 aliphatic carbocycles. The van der Waals surface area contributed by atoms with Crippen LogP contribution in [-0.2, 0) is 6.42 Å². The number of para-hydroxylation sites is 1. The Morgan fingerprint density at radius 1 is 0.519 bits per heavy atom. The molecule has 11 rings (SSSR count). The first-order valence-corrected chi connectivity index (χ1v) is 18.5. The van der Waals surface area contributed by atoms with Gasteiger partial charge in [0, 0.05) is 47.6 Å². The number of rotatable bonds is 4. The molecule has 5 heteroatoms. The highest BCUT2D eigenvalue weighted by molar-refractivity contribution is 7.26. The Morgan fingerprint density at radius 2 is 1.25 bits per heavy atom. The lowest BCUT2D eigenvalue weighted by atomic mass is 9.94. The molecule has 0 spiro atoms. The zero-order valence-corrected chi connectivity index (χ0v) is 28.8. The van der Waals surface area contributed by atoms with Crippen LogP contribution in [0.1, 0.15) is 17.5 Å². The molecule has 244 valence electrons. The van der Waals surface area contributed by atoms with Crippen LogP contribution < -0.4 is 0 Å². The number of hydrogen-bond acceptors (Lipinski definition) is 5. The van der Waals surface area contributed by atoms with Gasteiger partial charge in [-0.2, -0.15) is 0 Å². The number of furan rings is 1. The first-order chi connectivity index (χ1) is 25.7. The van der Waals surface area contributed by atoms with E-state index in [-0.39, 0.29) is 0 Å². The van der Waals surface area contributed by atoms with Crippen LogP contribution in [0.5, 0.6) is 0 Å². The fourth-order valence-electron chi connectivity index (χ4n) is 7.90. The number of nitrogens with zero attached hydrogens (tertiary/aromatic N) is 3. The van der Waals surface area contributed by atoms with Gasteiger partial charge in [-0.1, -0.05) is 115 Å². The van der Waals surface area contributed by atoms with Crippen LogP contribution in [-0.4, -0.2) is 15.0 Å². The van der Waals surface area contributed by atoms with Crippen molar-refractivity contribution in [3.8, 4) is 45.3 Å². The number of aryl methyl sites for hydroxylation is 1. The molecular weight excluding hydrogens is 655 g/mol. The van der Waals surface area contributed by atoms with Crippen molar-refractivity contribution in [1.82, 2.24) is 15.0 Å². The topological polar surface area (TPSA) is 51.8 Å². The smallest absolute Gasteiger partial charge is 0.165 e. The lowest BCUT2D eigenvalue weighted by Crippen LogP contribution is -2.02. The minimum atomic E-state index is 0.616. The molecule has 10 aromatic rings. The quantitative estimate of drug-likeness (QED) is 0.185. The summed E-state index contributed by atoms with van der Waals surface area (Å²) in [5.74, 6) is 1.92. The third-order valence-corrected chi connectivity index (χ3v) is 11.6. The van der Waals surface area contributed by atoms with Crippen molar-refractivity contribution in [2.45, 2.75) is 12.8 Å². The molecule has 0 unspecified atom stereocenters. The molecule has 1 aliphatic rings. The van der Waals surface area contributed by atoms with Gasteiger partial charge in [-0.25, -0.2) is 15.0 Å². The molecule has 0 radical (unpaired) electrons. The Hall–Kier alpha value is -6.43. The van der Waals surface area contributed by atoms with Gasteiger partial charge in [0.25, 0.3) is 0 Å². The van der Waals surface area contributed by atoms with Crippen LogP contribution in [0.4, 0.5) is 0 Å². The van der Waals surface area contributed by atoms with Gasteiger partial charge in [-0.3, -0.25) is 0 Å². The van der Waals surface area contributed by atoms with Gasteiger partial charge in [0.1, 0.15) is 11.2 Å². The highest BCUT2D eigenvalue weighted by Crippen LogP contribution is 2.43. The number of aromatic nitrogens is 3. The van der Waals surface area contributed by atoms with Gasteiger partial charge in [-0.15, -0.1) is 11.3 Å². The predicted molar refractivity (Wildman–Crippen MR) is 217 cm³/mol. The summed E-state index contributed by atoms with van der Waals surface area (Å²) in [6.45, 7) is 0. The van der Waals surface area contributed by atoms with Crippen molar-refractivity contribution < 1.29 is 4.42 Å². The zero-order chi connectivity index (χ0) is 34.2. The van der Waals surface area contributed by atoms with Crippen LogP contribution in [0.3, 0.4) is 0 Å². The summed E-state index contributed by atoms with van der Waals surface area (Å²) in [6, 6.07) is 49.3. The molecule has 7 aromatic carbocycles. The third-order valence-electron chi connectivity index (χ3n) is 10.4. The van der Waals surface area contributed by atoms with Gasteiger partial charge in [0.2, 0.25) is 0 Å². The minimum Gasteiger partial charge on any atom is -0.456 e. The highest BCUT2D eigenvalue weighted by Gasteiger charge is 2.22. The van der Waals surface area contributed by atoms with Crippen LogP contribution in [0.2, 0.25) is 0 Å². The van der Waals surface area contributed by atoms with Crippen molar-refractivity contribution in [3.63, 3.8) is 0 Å². The summed E-state index contributed by atoms with van der Waals surface area (Å²) in [6.07, 6.45) is 6.57. The standard InChI is InChI=1S/C47H29N3OS/c1-2-13-30-25-31(24-23-28(30)11-1)45-48-46(38-20-10-19-36-35-16-6-8-22-42(35)52-44(36)38)50-47(49-45)39-26-32(34-18-9-14-29-12-3-4-15-33(29)34)27-41-43(39)37-17-5-7-21-40(37)51-41/h2-10,12-27H,1,11H2. The van der Waals surface area contributed by atoms with E-state index in [9.17, 15) is 0 Å². The molecule has 0 N–H and O–H groups in total. The first-order valence-electron chi connectivity index (χ1n) is 17.7. The molecular formula is C47H29N3OS. The molecule has 0 fully saturated rings. The lowest BCUT2D eigenvalue weighted by Gasteiger charge is -2.14. The van der Waals surface area contributed by atoms with Crippen molar-refractivity contribution in [2.75, 3.05) is 0 Å². The van der Waals surface area contributed by atoms with E-state index in [1.165, 1.54) is 42.1 Å². The fraction of sp³-hybridized carbons (Fsp3) is 0.0426. The molecule has 52 heavy (non-hydrogen) atoms. The Morgan fingerprint density at radius 3 is 2.19 bits per heavy atom. The van der Waals surface area contributed by atoms with Crippen molar-refractivity contribution in [2.24, 2.45) is 0 Å². The molecule has 3 aromatic heterocycles. The summed E-state index contributed by atoms with van der Waals surface area (Å²) in [5, 5.41) is 6.86. The second-order valence-corrected chi connectivity index (χ2v) is 14.5. The van der Waals surface area contributed by atoms with Crippen molar-refractivity contribution in [1.29, 1.82) is 0 Å². The average Bonchev–Trinajstić information content (AvgIpc) is 3.78. The summed E-state index contributed by atoms with van der Waals surface area (Å²) in [4.78, 5) is 15.9.